The Kier molecular flexibility index (Phi) is 3.27. The van der Waals surface area contributed by atoms with Crippen LogP contribution in [0.4, 0.5) is 0 Å². The van der Waals surface area contributed by atoms with Crippen LogP contribution in [0.1, 0.15) is 44.2 Å². The van der Waals surface area contributed by atoms with Crippen molar-refractivity contribution >= 4 is 11.8 Å². The van der Waals surface area contributed by atoms with E-state index in [2.05, 4.69) is 17.4 Å². The van der Waals surface area contributed by atoms with Gasteiger partial charge in [0.2, 0.25) is 11.8 Å². The molecule has 2 aliphatic rings. The summed E-state index contributed by atoms with van der Waals surface area (Å²) >= 11 is 0. The van der Waals surface area contributed by atoms with Crippen molar-refractivity contribution in [1.82, 2.24) is 10.2 Å². The highest BCUT2D eigenvalue weighted by atomic mass is 16.2. The zero-order valence-corrected chi connectivity index (χ0v) is 12.8. The van der Waals surface area contributed by atoms with Crippen LogP contribution >= 0.6 is 0 Å². The largest absolute Gasteiger partial charge is 0.340 e. The molecule has 3 atom stereocenters. The van der Waals surface area contributed by atoms with Gasteiger partial charge < -0.3 is 10.2 Å². The number of amides is 2. The SMILES string of the molecule is CCC1(C)NC(=O)C(C)N(CC2Cc3ccccc32)C1=O. The van der Waals surface area contributed by atoms with E-state index in [-0.39, 0.29) is 17.9 Å². The smallest absolute Gasteiger partial charge is 0.248 e. The lowest BCUT2D eigenvalue weighted by Crippen LogP contribution is -2.68. The van der Waals surface area contributed by atoms with E-state index in [1.54, 1.807) is 4.90 Å². The Labute approximate surface area is 125 Å². The summed E-state index contributed by atoms with van der Waals surface area (Å²) in [6.07, 6.45) is 1.61. The van der Waals surface area contributed by atoms with Crippen molar-refractivity contribution in [3.63, 3.8) is 0 Å². The van der Waals surface area contributed by atoms with Crippen molar-refractivity contribution in [2.24, 2.45) is 0 Å². The van der Waals surface area contributed by atoms with Gasteiger partial charge in [0.15, 0.2) is 0 Å². The van der Waals surface area contributed by atoms with Gasteiger partial charge in [0.1, 0.15) is 11.6 Å². The monoisotopic (exact) mass is 286 g/mol. The molecule has 0 bridgehead atoms. The normalized spacial score (nSPS) is 31.5. The van der Waals surface area contributed by atoms with Crippen LogP contribution < -0.4 is 5.32 Å². The van der Waals surface area contributed by atoms with Crippen molar-refractivity contribution in [2.45, 2.75) is 51.1 Å². The molecule has 112 valence electrons. The van der Waals surface area contributed by atoms with E-state index in [4.69, 9.17) is 0 Å². The second-order valence-corrected chi connectivity index (χ2v) is 6.41. The van der Waals surface area contributed by atoms with Crippen LogP contribution in [-0.4, -0.2) is 34.8 Å². The number of piperazine rings is 1. The molecular weight excluding hydrogens is 264 g/mol. The zero-order valence-electron chi connectivity index (χ0n) is 12.8. The van der Waals surface area contributed by atoms with Crippen LogP contribution in [0.15, 0.2) is 24.3 Å². The quantitative estimate of drug-likeness (QED) is 0.922. The third-order valence-corrected chi connectivity index (χ3v) is 5.06. The summed E-state index contributed by atoms with van der Waals surface area (Å²) < 4.78 is 0. The average molecular weight is 286 g/mol. The minimum atomic E-state index is -0.757. The molecule has 1 heterocycles. The number of hydrogen-bond donors (Lipinski definition) is 1. The molecular formula is C17H22N2O2. The number of rotatable bonds is 3. The molecule has 1 fully saturated rings. The zero-order chi connectivity index (χ0) is 15.2. The lowest BCUT2D eigenvalue weighted by atomic mass is 9.76. The van der Waals surface area contributed by atoms with E-state index >= 15 is 0 Å². The number of nitrogens with zero attached hydrogens (tertiary/aromatic N) is 1. The summed E-state index contributed by atoms with van der Waals surface area (Å²) in [6.45, 7) is 6.21. The highest BCUT2D eigenvalue weighted by Crippen LogP contribution is 2.36. The highest BCUT2D eigenvalue weighted by Gasteiger charge is 2.46. The number of carbonyl (C=O) groups is 2. The molecule has 3 unspecified atom stereocenters. The van der Waals surface area contributed by atoms with Gasteiger partial charge in [0.05, 0.1) is 0 Å². The molecule has 0 radical (unpaired) electrons. The van der Waals surface area contributed by atoms with Crippen LogP contribution in [0.5, 0.6) is 0 Å². The standard InChI is InChI=1S/C17H22N2O2/c1-4-17(3)16(21)19(11(2)15(20)18-17)10-13-9-12-7-5-6-8-14(12)13/h5-8,11,13H,4,9-10H2,1-3H3,(H,18,20). The van der Waals surface area contributed by atoms with Crippen molar-refractivity contribution in [1.29, 1.82) is 0 Å². The minimum Gasteiger partial charge on any atom is -0.340 e. The third kappa shape index (κ3) is 2.13. The number of nitrogens with one attached hydrogen (secondary N) is 1. The van der Waals surface area contributed by atoms with E-state index in [0.717, 1.165) is 6.42 Å². The molecule has 1 aromatic rings. The average Bonchev–Trinajstić information content (AvgIpc) is 2.46. The van der Waals surface area contributed by atoms with Crippen LogP contribution in [0.2, 0.25) is 0 Å². The minimum absolute atomic E-state index is 0.0430. The second-order valence-electron chi connectivity index (χ2n) is 6.41. The fourth-order valence-electron chi connectivity index (χ4n) is 3.31. The molecule has 1 aromatic carbocycles. The van der Waals surface area contributed by atoms with Gasteiger partial charge in [-0.15, -0.1) is 0 Å². The van der Waals surface area contributed by atoms with Gasteiger partial charge in [-0.05, 0) is 37.8 Å². The molecule has 0 spiro atoms. The van der Waals surface area contributed by atoms with Crippen LogP contribution in [-0.2, 0) is 16.0 Å². The van der Waals surface area contributed by atoms with Crippen LogP contribution in [0, 0.1) is 0 Å². The first-order chi connectivity index (χ1) is 9.96. The molecule has 3 rings (SSSR count). The van der Waals surface area contributed by atoms with E-state index in [1.807, 2.05) is 32.9 Å². The number of carbonyl (C=O) groups excluding carboxylic acids is 2. The molecule has 4 heteroatoms. The Hall–Kier alpha value is -1.84. The first-order valence-corrected chi connectivity index (χ1v) is 7.67. The first kappa shape index (κ1) is 14.1. The molecule has 1 aliphatic carbocycles. The van der Waals surface area contributed by atoms with Crippen molar-refractivity contribution in [3.8, 4) is 0 Å². The lowest BCUT2D eigenvalue weighted by Gasteiger charge is -2.45. The number of benzene rings is 1. The fourth-order valence-corrected chi connectivity index (χ4v) is 3.31. The molecule has 21 heavy (non-hydrogen) atoms. The summed E-state index contributed by atoms with van der Waals surface area (Å²) in [4.78, 5) is 26.7. The summed E-state index contributed by atoms with van der Waals surface area (Å²) in [6, 6.07) is 7.96. The van der Waals surface area contributed by atoms with Gasteiger partial charge in [-0.3, -0.25) is 9.59 Å². The van der Waals surface area contributed by atoms with Crippen molar-refractivity contribution < 1.29 is 9.59 Å². The van der Waals surface area contributed by atoms with Gasteiger partial charge >= 0.3 is 0 Å². The van der Waals surface area contributed by atoms with Crippen LogP contribution in [0.3, 0.4) is 0 Å². The fraction of sp³-hybridized carbons (Fsp3) is 0.529. The predicted molar refractivity (Wildman–Crippen MR) is 80.9 cm³/mol. The van der Waals surface area contributed by atoms with E-state index in [1.165, 1.54) is 11.1 Å². The molecule has 1 aliphatic heterocycles. The van der Waals surface area contributed by atoms with E-state index < -0.39 is 5.54 Å². The van der Waals surface area contributed by atoms with Gasteiger partial charge in [-0.1, -0.05) is 31.2 Å². The molecule has 0 saturated carbocycles. The first-order valence-electron chi connectivity index (χ1n) is 7.67. The predicted octanol–water partition coefficient (Wildman–Crippen LogP) is 1.84. The Balaban J connectivity index is 1.81. The number of fused-ring (bicyclic) bond motifs is 1. The maximum Gasteiger partial charge on any atom is 0.248 e. The van der Waals surface area contributed by atoms with Crippen molar-refractivity contribution in [3.05, 3.63) is 35.4 Å². The number of hydrogen-bond acceptors (Lipinski definition) is 2. The molecule has 1 saturated heterocycles. The summed E-state index contributed by atoms with van der Waals surface area (Å²) in [5.41, 5.74) is 1.93. The van der Waals surface area contributed by atoms with E-state index in [0.29, 0.717) is 18.9 Å². The van der Waals surface area contributed by atoms with Gasteiger partial charge in [-0.25, -0.2) is 0 Å². The maximum absolute atomic E-state index is 12.7. The van der Waals surface area contributed by atoms with Gasteiger partial charge in [-0.2, -0.15) is 0 Å². The molecule has 4 nitrogen and oxygen atoms in total. The van der Waals surface area contributed by atoms with Gasteiger partial charge in [0, 0.05) is 12.5 Å². The van der Waals surface area contributed by atoms with E-state index in [9.17, 15) is 9.59 Å². The molecule has 0 aromatic heterocycles. The topological polar surface area (TPSA) is 49.4 Å². The Morgan fingerprint density at radius 3 is 2.71 bits per heavy atom. The van der Waals surface area contributed by atoms with Crippen LogP contribution in [0.25, 0.3) is 0 Å². The second kappa shape index (κ2) is 4.86. The third-order valence-electron chi connectivity index (χ3n) is 5.06. The highest BCUT2D eigenvalue weighted by molar-refractivity contribution is 5.99. The maximum atomic E-state index is 12.7. The Morgan fingerprint density at radius 2 is 2.05 bits per heavy atom. The van der Waals surface area contributed by atoms with Crippen molar-refractivity contribution in [2.75, 3.05) is 6.54 Å². The lowest BCUT2D eigenvalue weighted by molar-refractivity contribution is -0.154. The molecule has 2 amide bonds. The summed E-state index contributed by atoms with van der Waals surface area (Å²) in [7, 11) is 0. The Bertz CT molecular complexity index is 598. The van der Waals surface area contributed by atoms with Gasteiger partial charge in [0.25, 0.3) is 0 Å². The molecule has 1 N–H and O–H groups in total. The summed E-state index contributed by atoms with van der Waals surface area (Å²) in [5.74, 6) is 0.354. The summed E-state index contributed by atoms with van der Waals surface area (Å²) in [5, 5.41) is 2.87. The Morgan fingerprint density at radius 1 is 1.33 bits per heavy atom.